The van der Waals surface area contributed by atoms with Crippen LogP contribution in [0.15, 0.2) is 53.4 Å². The van der Waals surface area contributed by atoms with Crippen LogP contribution in [0.4, 0.5) is 4.39 Å². The minimum Gasteiger partial charge on any atom is -0.324 e. The topological polar surface area (TPSA) is 26.0 Å². The highest BCUT2D eigenvalue weighted by Gasteiger charge is 2.01. The maximum atomic E-state index is 13.0. The van der Waals surface area contributed by atoms with Crippen LogP contribution in [0.1, 0.15) is 24.1 Å². The summed E-state index contributed by atoms with van der Waals surface area (Å²) in [5, 5.41) is 0. The zero-order valence-electron chi connectivity index (χ0n) is 10.3. The molecule has 0 amide bonds. The SMILES string of the molecule is CC(N)c1ccc(SCc2cccc(F)c2)cc1. The molecule has 18 heavy (non-hydrogen) atoms. The first-order valence-electron chi connectivity index (χ1n) is 5.88. The molecule has 0 radical (unpaired) electrons. The summed E-state index contributed by atoms with van der Waals surface area (Å²) in [5.74, 6) is 0.593. The van der Waals surface area contributed by atoms with Crippen LogP contribution in [0.3, 0.4) is 0 Å². The second-order valence-electron chi connectivity index (χ2n) is 4.28. The summed E-state index contributed by atoms with van der Waals surface area (Å²) in [5.41, 5.74) is 7.92. The summed E-state index contributed by atoms with van der Waals surface area (Å²) in [6, 6.07) is 15.0. The normalized spacial score (nSPS) is 12.4. The fourth-order valence-electron chi connectivity index (χ4n) is 1.66. The second-order valence-corrected chi connectivity index (χ2v) is 5.33. The van der Waals surface area contributed by atoms with Crippen molar-refractivity contribution in [2.24, 2.45) is 5.73 Å². The molecule has 0 bridgehead atoms. The lowest BCUT2D eigenvalue weighted by atomic mass is 10.1. The van der Waals surface area contributed by atoms with E-state index in [1.807, 2.05) is 25.1 Å². The molecule has 2 aromatic carbocycles. The third-order valence-corrected chi connectivity index (χ3v) is 3.78. The monoisotopic (exact) mass is 261 g/mol. The second kappa shape index (κ2) is 6.03. The fourth-order valence-corrected chi connectivity index (χ4v) is 2.50. The van der Waals surface area contributed by atoms with E-state index in [0.29, 0.717) is 0 Å². The molecule has 0 fully saturated rings. The van der Waals surface area contributed by atoms with E-state index in [9.17, 15) is 4.39 Å². The van der Waals surface area contributed by atoms with Crippen molar-refractivity contribution in [3.05, 3.63) is 65.5 Å². The predicted molar refractivity (Wildman–Crippen MR) is 75.0 cm³/mol. The quantitative estimate of drug-likeness (QED) is 0.837. The standard InChI is InChI=1S/C15H16FNS/c1-11(17)13-5-7-15(8-6-13)18-10-12-3-2-4-14(16)9-12/h2-9,11H,10,17H2,1H3. The first kappa shape index (κ1) is 13.1. The van der Waals surface area contributed by atoms with E-state index in [1.165, 1.54) is 11.0 Å². The largest absolute Gasteiger partial charge is 0.324 e. The Morgan fingerprint density at radius 3 is 2.50 bits per heavy atom. The Balaban J connectivity index is 1.98. The highest BCUT2D eigenvalue weighted by molar-refractivity contribution is 7.98. The van der Waals surface area contributed by atoms with Gasteiger partial charge in [-0.25, -0.2) is 4.39 Å². The lowest BCUT2D eigenvalue weighted by molar-refractivity contribution is 0.626. The third kappa shape index (κ3) is 3.59. The Morgan fingerprint density at radius 1 is 1.17 bits per heavy atom. The van der Waals surface area contributed by atoms with Gasteiger partial charge in [-0.1, -0.05) is 24.3 Å². The first-order chi connectivity index (χ1) is 8.65. The Bertz CT molecular complexity index is 508. The Kier molecular flexibility index (Phi) is 4.39. The van der Waals surface area contributed by atoms with E-state index >= 15 is 0 Å². The van der Waals surface area contributed by atoms with Crippen molar-refractivity contribution in [2.45, 2.75) is 23.6 Å². The number of thioether (sulfide) groups is 1. The lowest BCUT2D eigenvalue weighted by Crippen LogP contribution is -2.04. The van der Waals surface area contributed by atoms with Crippen LogP contribution in [-0.2, 0) is 5.75 Å². The molecule has 2 N–H and O–H groups in total. The molecule has 1 unspecified atom stereocenters. The van der Waals surface area contributed by atoms with Crippen LogP contribution < -0.4 is 5.73 Å². The molecule has 0 aromatic heterocycles. The Morgan fingerprint density at radius 2 is 1.89 bits per heavy atom. The summed E-state index contributed by atoms with van der Waals surface area (Å²) in [7, 11) is 0. The average molecular weight is 261 g/mol. The summed E-state index contributed by atoms with van der Waals surface area (Å²) in [6.45, 7) is 1.97. The number of nitrogens with two attached hydrogens (primary N) is 1. The van der Waals surface area contributed by atoms with Crippen LogP contribution in [0.2, 0.25) is 0 Å². The minimum absolute atomic E-state index is 0.0623. The molecule has 0 saturated heterocycles. The van der Waals surface area contributed by atoms with Crippen molar-refractivity contribution in [2.75, 3.05) is 0 Å². The van der Waals surface area contributed by atoms with Gasteiger partial charge in [0.15, 0.2) is 0 Å². The fraction of sp³-hybridized carbons (Fsp3) is 0.200. The predicted octanol–water partition coefficient (Wildman–Crippen LogP) is 4.14. The average Bonchev–Trinajstić information content (AvgIpc) is 2.37. The number of hydrogen-bond acceptors (Lipinski definition) is 2. The van der Waals surface area contributed by atoms with Gasteiger partial charge in [0, 0.05) is 16.7 Å². The van der Waals surface area contributed by atoms with Gasteiger partial charge >= 0.3 is 0 Å². The summed E-state index contributed by atoms with van der Waals surface area (Å²) >= 11 is 1.70. The molecule has 94 valence electrons. The van der Waals surface area contributed by atoms with Gasteiger partial charge in [0.05, 0.1) is 0 Å². The Hall–Kier alpha value is -1.32. The van der Waals surface area contributed by atoms with Gasteiger partial charge in [-0.15, -0.1) is 11.8 Å². The van der Waals surface area contributed by atoms with Gasteiger partial charge in [0.2, 0.25) is 0 Å². The minimum atomic E-state index is -0.180. The van der Waals surface area contributed by atoms with Crippen molar-refractivity contribution in [1.29, 1.82) is 0 Å². The molecular formula is C15H16FNS. The highest BCUT2D eigenvalue weighted by Crippen LogP contribution is 2.24. The van der Waals surface area contributed by atoms with Crippen molar-refractivity contribution in [1.82, 2.24) is 0 Å². The van der Waals surface area contributed by atoms with Gasteiger partial charge in [0.25, 0.3) is 0 Å². The number of hydrogen-bond donors (Lipinski definition) is 1. The van der Waals surface area contributed by atoms with Crippen LogP contribution in [-0.4, -0.2) is 0 Å². The van der Waals surface area contributed by atoms with Gasteiger partial charge in [-0.3, -0.25) is 0 Å². The van der Waals surface area contributed by atoms with E-state index in [-0.39, 0.29) is 11.9 Å². The number of halogens is 1. The zero-order valence-corrected chi connectivity index (χ0v) is 11.1. The third-order valence-electron chi connectivity index (χ3n) is 2.70. The van der Waals surface area contributed by atoms with Crippen LogP contribution >= 0.6 is 11.8 Å². The molecule has 0 saturated carbocycles. The number of benzene rings is 2. The molecule has 3 heteroatoms. The van der Waals surface area contributed by atoms with Crippen molar-refractivity contribution in [3.63, 3.8) is 0 Å². The van der Waals surface area contributed by atoms with Crippen molar-refractivity contribution in [3.8, 4) is 0 Å². The van der Waals surface area contributed by atoms with Crippen LogP contribution in [0, 0.1) is 5.82 Å². The maximum Gasteiger partial charge on any atom is 0.123 e. The molecule has 0 heterocycles. The zero-order chi connectivity index (χ0) is 13.0. The van der Waals surface area contributed by atoms with Gasteiger partial charge in [0.1, 0.15) is 5.82 Å². The summed E-state index contributed by atoms with van der Waals surface area (Å²) in [6.07, 6.45) is 0. The van der Waals surface area contributed by atoms with Gasteiger partial charge in [-0.2, -0.15) is 0 Å². The molecule has 1 atom stereocenters. The molecule has 0 aliphatic heterocycles. The first-order valence-corrected chi connectivity index (χ1v) is 6.86. The van der Waals surface area contributed by atoms with Crippen LogP contribution in [0.25, 0.3) is 0 Å². The molecule has 0 aliphatic carbocycles. The molecule has 0 aliphatic rings. The summed E-state index contributed by atoms with van der Waals surface area (Å²) in [4.78, 5) is 1.17. The smallest absolute Gasteiger partial charge is 0.123 e. The highest BCUT2D eigenvalue weighted by atomic mass is 32.2. The lowest BCUT2D eigenvalue weighted by Gasteiger charge is -2.07. The molecule has 0 spiro atoms. The molecular weight excluding hydrogens is 245 g/mol. The number of rotatable bonds is 4. The van der Waals surface area contributed by atoms with E-state index in [0.717, 1.165) is 16.9 Å². The summed E-state index contributed by atoms with van der Waals surface area (Å²) < 4.78 is 13.0. The maximum absolute atomic E-state index is 13.0. The molecule has 2 aromatic rings. The molecule has 1 nitrogen and oxygen atoms in total. The van der Waals surface area contributed by atoms with Crippen molar-refractivity contribution < 1.29 is 4.39 Å². The van der Waals surface area contributed by atoms with Crippen LogP contribution in [0.5, 0.6) is 0 Å². The van der Waals surface area contributed by atoms with E-state index in [2.05, 4.69) is 12.1 Å². The van der Waals surface area contributed by atoms with E-state index in [4.69, 9.17) is 5.73 Å². The Labute approximate surface area is 111 Å². The van der Waals surface area contributed by atoms with Gasteiger partial charge in [-0.05, 0) is 42.3 Å². The van der Waals surface area contributed by atoms with Crippen molar-refractivity contribution >= 4 is 11.8 Å². The van der Waals surface area contributed by atoms with Gasteiger partial charge < -0.3 is 5.73 Å². The molecule has 2 rings (SSSR count). The van der Waals surface area contributed by atoms with E-state index in [1.54, 1.807) is 23.9 Å². The van der Waals surface area contributed by atoms with E-state index < -0.39 is 0 Å².